The number of imide groups is 1. The van der Waals surface area contributed by atoms with Crippen molar-refractivity contribution in [1.82, 2.24) is 10.2 Å². The van der Waals surface area contributed by atoms with E-state index in [9.17, 15) is 22.8 Å². The Balaban J connectivity index is 1.64. The van der Waals surface area contributed by atoms with Gasteiger partial charge in [-0.3, -0.25) is 19.3 Å². The number of rotatable bonds is 5. The van der Waals surface area contributed by atoms with Crippen molar-refractivity contribution in [2.45, 2.75) is 6.04 Å². The van der Waals surface area contributed by atoms with Gasteiger partial charge < -0.3 is 5.32 Å². The minimum absolute atomic E-state index is 0.110. The number of amides is 3. The molecule has 1 aromatic carbocycles. The lowest BCUT2D eigenvalue weighted by atomic mass is 10.2. The lowest BCUT2D eigenvalue weighted by Gasteiger charge is -2.14. The van der Waals surface area contributed by atoms with Crippen LogP contribution in [0.4, 0.5) is 4.79 Å². The minimum atomic E-state index is -3.31. The Hall–Kier alpha value is -2.36. The van der Waals surface area contributed by atoms with Crippen LogP contribution in [0.3, 0.4) is 0 Å². The number of hydrogen-bond donors (Lipinski definition) is 1. The van der Waals surface area contributed by atoms with Gasteiger partial charge in [-0.2, -0.15) is 0 Å². The van der Waals surface area contributed by atoms with Gasteiger partial charge in [0.25, 0.3) is 11.1 Å². The maximum Gasteiger partial charge on any atom is 0.294 e. The Morgan fingerprint density at radius 3 is 2.64 bits per heavy atom. The maximum atomic E-state index is 12.4. The predicted octanol–water partition coefficient (Wildman–Crippen LogP) is 2.27. The van der Waals surface area contributed by atoms with Crippen LogP contribution in [0.25, 0.3) is 6.08 Å². The summed E-state index contributed by atoms with van der Waals surface area (Å²) >= 11 is 6.84. The van der Waals surface area contributed by atoms with Crippen molar-refractivity contribution in [3.05, 3.63) is 63.4 Å². The van der Waals surface area contributed by atoms with E-state index in [1.807, 2.05) is 30.3 Å². The van der Waals surface area contributed by atoms with Crippen molar-refractivity contribution in [3.8, 4) is 0 Å². The first kappa shape index (κ1) is 20.4. The van der Waals surface area contributed by atoms with Crippen molar-refractivity contribution in [2.75, 3.05) is 12.3 Å². The van der Waals surface area contributed by atoms with E-state index in [2.05, 4.69) is 5.32 Å². The number of sulfone groups is 1. The number of halogens is 1. The number of carbonyl (C=O) groups excluding carboxylic acids is 3. The zero-order chi connectivity index (χ0) is 20.3. The third kappa shape index (κ3) is 5.12. The largest absolute Gasteiger partial charge is 0.347 e. The van der Waals surface area contributed by atoms with Crippen LogP contribution in [0.1, 0.15) is 5.56 Å². The molecule has 28 heavy (non-hydrogen) atoms. The fourth-order valence-corrected chi connectivity index (χ4v) is 4.94. The second-order valence-electron chi connectivity index (χ2n) is 6.04. The van der Waals surface area contributed by atoms with Crippen LogP contribution in [0, 0.1) is 0 Å². The van der Waals surface area contributed by atoms with Gasteiger partial charge in [-0.1, -0.05) is 41.9 Å². The summed E-state index contributed by atoms with van der Waals surface area (Å²) in [5.74, 6) is -1.49. The number of benzene rings is 1. The van der Waals surface area contributed by atoms with Gasteiger partial charge in [0.1, 0.15) is 6.54 Å². The fraction of sp³-hybridized carbons (Fsp3) is 0.167. The third-order valence-corrected chi connectivity index (χ3v) is 6.35. The van der Waals surface area contributed by atoms with Crippen molar-refractivity contribution >= 4 is 56.3 Å². The molecule has 0 bridgehead atoms. The van der Waals surface area contributed by atoms with Gasteiger partial charge in [-0.05, 0) is 35.6 Å². The molecule has 2 aliphatic heterocycles. The summed E-state index contributed by atoms with van der Waals surface area (Å²) in [6.07, 6.45) is 4.38. The van der Waals surface area contributed by atoms with E-state index in [-0.39, 0.29) is 15.7 Å². The molecular weight excluding hydrogens is 424 g/mol. The Labute approximate surface area is 171 Å². The molecule has 3 rings (SSSR count). The van der Waals surface area contributed by atoms with Gasteiger partial charge >= 0.3 is 0 Å². The van der Waals surface area contributed by atoms with E-state index in [4.69, 9.17) is 11.6 Å². The van der Waals surface area contributed by atoms with Crippen molar-refractivity contribution in [2.24, 2.45) is 0 Å². The molecule has 1 N–H and O–H groups in total. The molecule has 1 saturated heterocycles. The number of carbonyl (C=O) groups is 3. The van der Waals surface area contributed by atoms with E-state index in [1.54, 1.807) is 6.08 Å². The average Bonchev–Trinajstić information content (AvgIpc) is 3.09. The first-order valence-corrected chi connectivity index (χ1v) is 11.0. The Bertz CT molecular complexity index is 1020. The quantitative estimate of drug-likeness (QED) is 0.708. The standard InChI is InChI=1S/C18H15ClN2O5S2/c19-13(8-12-4-2-1-3-5-12)9-15-17(23)21(18(24)27-15)10-16(22)20-14-6-7-28(25,26)11-14/h1-9,14H,10-11H2,(H,20,22)/b13-8-,15-9-/t14-/m1/s1. The molecule has 0 aliphatic carbocycles. The second kappa shape index (κ2) is 8.34. The summed E-state index contributed by atoms with van der Waals surface area (Å²) in [6.45, 7) is -0.494. The van der Waals surface area contributed by atoms with Crippen LogP contribution in [0.15, 0.2) is 57.8 Å². The molecule has 0 unspecified atom stereocenters. The van der Waals surface area contributed by atoms with Crippen molar-refractivity contribution < 1.29 is 22.8 Å². The molecular formula is C18H15ClN2O5S2. The van der Waals surface area contributed by atoms with E-state index in [0.717, 1.165) is 15.9 Å². The predicted molar refractivity (Wildman–Crippen MR) is 108 cm³/mol. The van der Waals surface area contributed by atoms with Crippen LogP contribution in [0.2, 0.25) is 0 Å². The highest BCUT2D eigenvalue weighted by molar-refractivity contribution is 8.18. The molecule has 0 radical (unpaired) electrons. The summed E-state index contributed by atoms with van der Waals surface area (Å²) in [6, 6.07) is 8.54. The maximum absolute atomic E-state index is 12.4. The summed E-state index contributed by atoms with van der Waals surface area (Å²) in [4.78, 5) is 37.5. The first-order chi connectivity index (χ1) is 13.2. The van der Waals surface area contributed by atoms with Crippen molar-refractivity contribution in [3.63, 3.8) is 0 Å². The van der Waals surface area contributed by atoms with Crippen LogP contribution in [0.5, 0.6) is 0 Å². The Kier molecular flexibility index (Phi) is 6.07. The SMILES string of the molecule is O=C(CN1C(=O)S/C(=C\C(Cl)=C\c2ccccc2)C1=O)N[C@@H]1C=CS(=O)(=O)C1. The van der Waals surface area contributed by atoms with E-state index in [1.165, 1.54) is 12.2 Å². The highest BCUT2D eigenvalue weighted by Gasteiger charge is 2.37. The number of hydrogen-bond acceptors (Lipinski definition) is 6. The van der Waals surface area contributed by atoms with E-state index < -0.39 is 39.5 Å². The minimum Gasteiger partial charge on any atom is -0.347 e. The summed E-state index contributed by atoms with van der Waals surface area (Å²) < 4.78 is 22.7. The summed E-state index contributed by atoms with van der Waals surface area (Å²) in [7, 11) is -3.31. The van der Waals surface area contributed by atoms with Gasteiger partial charge in [0.2, 0.25) is 5.91 Å². The average molecular weight is 439 g/mol. The molecule has 2 heterocycles. The molecule has 1 aromatic rings. The number of allylic oxidation sites excluding steroid dienone is 2. The fourth-order valence-electron chi connectivity index (χ4n) is 2.57. The topological polar surface area (TPSA) is 101 Å². The molecule has 1 atom stereocenters. The molecule has 0 aromatic heterocycles. The van der Waals surface area contributed by atoms with E-state index in [0.29, 0.717) is 11.8 Å². The van der Waals surface area contributed by atoms with Gasteiger partial charge in [-0.25, -0.2) is 8.42 Å². The Morgan fingerprint density at radius 1 is 1.29 bits per heavy atom. The molecule has 0 spiro atoms. The van der Waals surface area contributed by atoms with Crippen molar-refractivity contribution in [1.29, 1.82) is 0 Å². The normalized spacial score (nSPS) is 22.9. The molecule has 0 saturated carbocycles. The molecule has 1 fully saturated rings. The van der Waals surface area contributed by atoms with Crippen LogP contribution < -0.4 is 5.32 Å². The molecule has 7 nitrogen and oxygen atoms in total. The van der Waals surface area contributed by atoms with Gasteiger partial charge in [0, 0.05) is 10.4 Å². The molecule has 3 amide bonds. The van der Waals surface area contributed by atoms with Crippen LogP contribution >= 0.6 is 23.4 Å². The lowest BCUT2D eigenvalue weighted by Crippen LogP contribution is -2.43. The monoisotopic (exact) mass is 438 g/mol. The van der Waals surface area contributed by atoms with Gasteiger partial charge in [0.15, 0.2) is 9.84 Å². The lowest BCUT2D eigenvalue weighted by molar-refractivity contribution is -0.129. The summed E-state index contributed by atoms with van der Waals surface area (Å²) in [5, 5.41) is 3.18. The van der Waals surface area contributed by atoms with Gasteiger partial charge in [-0.15, -0.1) is 0 Å². The number of nitrogens with zero attached hydrogens (tertiary/aromatic N) is 1. The van der Waals surface area contributed by atoms with Crippen LogP contribution in [-0.2, 0) is 19.4 Å². The van der Waals surface area contributed by atoms with E-state index >= 15 is 0 Å². The smallest absolute Gasteiger partial charge is 0.294 e. The van der Waals surface area contributed by atoms with Gasteiger partial charge in [0.05, 0.1) is 16.7 Å². The second-order valence-corrected chi connectivity index (χ2v) is 9.40. The molecule has 10 heteroatoms. The molecule has 2 aliphatic rings. The summed E-state index contributed by atoms with van der Waals surface area (Å²) in [5.41, 5.74) is 0.835. The zero-order valence-corrected chi connectivity index (χ0v) is 16.8. The zero-order valence-electron chi connectivity index (χ0n) is 14.4. The number of nitrogens with one attached hydrogen (secondary N) is 1. The Morgan fingerprint density at radius 2 is 2.00 bits per heavy atom. The first-order valence-electron chi connectivity index (χ1n) is 8.11. The highest BCUT2D eigenvalue weighted by Crippen LogP contribution is 2.32. The number of thioether (sulfide) groups is 1. The molecule has 146 valence electrons. The third-order valence-electron chi connectivity index (χ3n) is 3.82. The highest BCUT2D eigenvalue weighted by atomic mass is 35.5. The van der Waals surface area contributed by atoms with Crippen LogP contribution in [-0.4, -0.2) is 48.7 Å².